The van der Waals surface area contributed by atoms with E-state index in [1.165, 1.54) is 4.70 Å². The summed E-state index contributed by atoms with van der Waals surface area (Å²) in [5, 5.41) is 15.0. The van der Waals surface area contributed by atoms with Crippen LogP contribution in [0, 0.1) is 13.8 Å². The molecular weight excluding hydrogens is 496 g/mol. The molecular formula is C28H32N8OS. The van der Waals surface area contributed by atoms with Crippen LogP contribution in [0.3, 0.4) is 0 Å². The topological polar surface area (TPSA) is 95.8 Å². The van der Waals surface area contributed by atoms with E-state index in [4.69, 9.17) is 4.98 Å². The van der Waals surface area contributed by atoms with Crippen LogP contribution in [0.2, 0.25) is 0 Å². The van der Waals surface area contributed by atoms with Crippen LogP contribution in [0.15, 0.2) is 47.3 Å². The minimum atomic E-state index is -0.380. The van der Waals surface area contributed by atoms with E-state index in [-0.39, 0.29) is 17.1 Å². The number of nitrogens with zero attached hydrogens (tertiary/aromatic N) is 7. The summed E-state index contributed by atoms with van der Waals surface area (Å²) in [6, 6.07) is 14.1. The van der Waals surface area contributed by atoms with E-state index < -0.39 is 0 Å². The van der Waals surface area contributed by atoms with Crippen molar-refractivity contribution in [2.24, 2.45) is 0 Å². The summed E-state index contributed by atoms with van der Waals surface area (Å²) in [5.41, 5.74) is 4.32. The summed E-state index contributed by atoms with van der Waals surface area (Å²) in [6.45, 7) is 13.4. The number of thiazole rings is 1. The van der Waals surface area contributed by atoms with Crippen LogP contribution in [0.1, 0.15) is 49.3 Å². The molecule has 1 aliphatic rings. The van der Waals surface area contributed by atoms with Gasteiger partial charge in [0.05, 0.1) is 21.3 Å². The van der Waals surface area contributed by atoms with Crippen LogP contribution in [0.25, 0.3) is 21.1 Å². The summed E-state index contributed by atoms with van der Waals surface area (Å²) in [6.07, 6.45) is 0. The molecule has 6 rings (SSSR count). The monoisotopic (exact) mass is 528 g/mol. The predicted octanol–water partition coefficient (Wildman–Crippen LogP) is 4.41. The molecule has 0 saturated carbocycles. The van der Waals surface area contributed by atoms with Gasteiger partial charge in [0.15, 0.2) is 11.0 Å². The van der Waals surface area contributed by atoms with Gasteiger partial charge in [-0.3, -0.25) is 9.69 Å². The zero-order valence-corrected chi connectivity index (χ0v) is 23.2. The van der Waals surface area contributed by atoms with Crippen molar-refractivity contribution in [3.63, 3.8) is 0 Å². The normalized spacial score (nSPS) is 16.0. The van der Waals surface area contributed by atoms with Gasteiger partial charge < -0.3 is 9.88 Å². The van der Waals surface area contributed by atoms with Crippen LogP contribution in [0.4, 0.5) is 5.13 Å². The summed E-state index contributed by atoms with van der Waals surface area (Å²) in [7, 11) is 0. The number of hydrogen-bond donors (Lipinski definition) is 1. The largest absolute Gasteiger partial charge is 0.345 e. The summed E-state index contributed by atoms with van der Waals surface area (Å²) in [4.78, 5) is 26.4. The SMILES string of the molecule is Cc1ccc(C)c2[nH]c(=O)c([C@H](c3nnnn3C(C)(C)C)N3CCN(c4nc5ccccc5s4)CC3)cc12. The van der Waals surface area contributed by atoms with Crippen LogP contribution >= 0.6 is 11.3 Å². The Hall–Kier alpha value is -3.63. The molecule has 1 atom stereocenters. The van der Waals surface area contributed by atoms with Gasteiger partial charge >= 0.3 is 0 Å². The van der Waals surface area contributed by atoms with Crippen molar-refractivity contribution in [3.8, 4) is 0 Å². The molecule has 0 aliphatic carbocycles. The Morgan fingerprint density at radius 1 is 1.00 bits per heavy atom. The highest BCUT2D eigenvalue weighted by molar-refractivity contribution is 7.22. The Labute approximate surface area is 225 Å². The predicted molar refractivity (Wildman–Crippen MR) is 152 cm³/mol. The zero-order chi connectivity index (χ0) is 26.6. The number of hydrogen-bond acceptors (Lipinski definition) is 8. The lowest BCUT2D eigenvalue weighted by molar-refractivity contribution is 0.190. The molecule has 3 aromatic heterocycles. The lowest BCUT2D eigenvalue weighted by Gasteiger charge is -2.39. The quantitative estimate of drug-likeness (QED) is 0.369. The van der Waals surface area contributed by atoms with E-state index >= 15 is 0 Å². The number of piperazine rings is 1. The Morgan fingerprint density at radius 2 is 1.74 bits per heavy atom. The molecule has 1 saturated heterocycles. The fraction of sp³-hybridized carbons (Fsp3) is 0.393. The third kappa shape index (κ3) is 4.27. The van der Waals surface area contributed by atoms with Crippen LogP contribution in [0.5, 0.6) is 0 Å². The summed E-state index contributed by atoms with van der Waals surface area (Å²) >= 11 is 1.72. The maximum Gasteiger partial charge on any atom is 0.253 e. The first-order chi connectivity index (χ1) is 18.2. The molecule has 0 unspecified atom stereocenters. The summed E-state index contributed by atoms with van der Waals surface area (Å²) in [5.74, 6) is 0.682. The highest BCUT2D eigenvalue weighted by Gasteiger charge is 2.35. The van der Waals surface area contributed by atoms with Crippen molar-refractivity contribution >= 4 is 37.6 Å². The number of benzene rings is 2. The number of aromatic amines is 1. The second-order valence-electron chi connectivity index (χ2n) is 11.1. The lowest BCUT2D eigenvalue weighted by atomic mass is 9.98. The third-order valence-corrected chi connectivity index (χ3v) is 8.47. The number of H-pyrrole nitrogens is 1. The molecule has 1 aliphatic heterocycles. The molecule has 10 heteroatoms. The zero-order valence-electron chi connectivity index (χ0n) is 22.4. The van der Waals surface area contributed by atoms with Crippen LogP contribution in [-0.4, -0.2) is 61.3 Å². The fourth-order valence-corrected chi connectivity index (χ4v) is 6.32. The second kappa shape index (κ2) is 9.28. The molecule has 196 valence electrons. The maximum atomic E-state index is 13.6. The van der Waals surface area contributed by atoms with E-state index in [1.54, 1.807) is 11.3 Å². The molecule has 5 aromatic rings. The van der Waals surface area contributed by atoms with E-state index in [9.17, 15) is 4.79 Å². The van der Waals surface area contributed by atoms with Gasteiger partial charge in [-0.2, -0.15) is 0 Å². The Bertz CT molecular complexity index is 1650. The maximum absolute atomic E-state index is 13.6. The molecule has 1 N–H and O–H groups in total. The first-order valence-corrected chi connectivity index (χ1v) is 13.8. The molecule has 0 radical (unpaired) electrons. The van der Waals surface area contributed by atoms with Crippen molar-refractivity contribution in [3.05, 3.63) is 75.3 Å². The highest BCUT2D eigenvalue weighted by Crippen LogP contribution is 2.33. The number of nitrogens with one attached hydrogen (secondary N) is 1. The van der Waals surface area contributed by atoms with E-state index in [2.05, 4.69) is 82.3 Å². The third-order valence-electron chi connectivity index (χ3n) is 7.37. The smallest absolute Gasteiger partial charge is 0.253 e. The molecule has 2 aromatic carbocycles. The van der Waals surface area contributed by atoms with Crippen molar-refractivity contribution in [2.45, 2.75) is 46.2 Å². The van der Waals surface area contributed by atoms with E-state index in [0.717, 1.165) is 58.9 Å². The molecule has 0 spiro atoms. The van der Waals surface area contributed by atoms with Crippen molar-refractivity contribution in [1.29, 1.82) is 0 Å². The average molecular weight is 529 g/mol. The first-order valence-electron chi connectivity index (χ1n) is 13.0. The van der Waals surface area contributed by atoms with Crippen molar-refractivity contribution in [1.82, 2.24) is 35.1 Å². The Balaban J connectivity index is 1.40. The van der Waals surface area contributed by atoms with Crippen LogP contribution in [-0.2, 0) is 5.54 Å². The van der Waals surface area contributed by atoms with Crippen molar-refractivity contribution in [2.75, 3.05) is 31.1 Å². The average Bonchev–Trinajstić information content (AvgIpc) is 3.55. The number of fused-ring (bicyclic) bond motifs is 2. The number of anilines is 1. The van der Waals surface area contributed by atoms with Gasteiger partial charge in [0.2, 0.25) is 0 Å². The van der Waals surface area contributed by atoms with Gasteiger partial charge in [0, 0.05) is 37.1 Å². The minimum Gasteiger partial charge on any atom is -0.345 e. The van der Waals surface area contributed by atoms with Crippen LogP contribution < -0.4 is 10.5 Å². The number of para-hydroxylation sites is 1. The number of aryl methyl sites for hydroxylation is 2. The fourth-order valence-electron chi connectivity index (χ4n) is 5.30. The Kier molecular flexibility index (Phi) is 6.03. The van der Waals surface area contributed by atoms with E-state index in [1.807, 2.05) is 29.8 Å². The molecule has 0 amide bonds. The number of aromatic nitrogens is 6. The number of tetrazole rings is 1. The second-order valence-corrected chi connectivity index (χ2v) is 12.1. The highest BCUT2D eigenvalue weighted by atomic mass is 32.1. The first kappa shape index (κ1) is 24.7. The van der Waals surface area contributed by atoms with E-state index in [0.29, 0.717) is 11.4 Å². The molecule has 0 bridgehead atoms. The van der Waals surface area contributed by atoms with Crippen molar-refractivity contribution < 1.29 is 0 Å². The number of rotatable bonds is 4. The van der Waals surface area contributed by atoms with Gasteiger partial charge in [0.1, 0.15) is 6.04 Å². The number of pyridine rings is 1. The molecule has 4 heterocycles. The summed E-state index contributed by atoms with van der Waals surface area (Å²) < 4.78 is 3.05. The molecule has 9 nitrogen and oxygen atoms in total. The van der Waals surface area contributed by atoms with Gasteiger partial charge in [-0.1, -0.05) is 35.6 Å². The lowest BCUT2D eigenvalue weighted by Crippen LogP contribution is -2.49. The van der Waals surface area contributed by atoms with Gasteiger partial charge in [0.25, 0.3) is 5.56 Å². The Morgan fingerprint density at radius 3 is 2.47 bits per heavy atom. The van der Waals surface area contributed by atoms with Gasteiger partial charge in [-0.25, -0.2) is 9.67 Å². The van der Waals surface area contributed by atoms with Gasteiger partial charge in [-0.05, 0) is 74.4 Å². The molecule has 38 heavy (non-hydrogen) atoms. The minimum absolute atomic E-state index is 0.103. The van der Waals surface area contributed by atoms with Gasteiger partial charge in [-0.15, -0.1) is 5.10 Å². The standard InChI is InChI=1S/C28H32N8OS/c1-17-10-11-18(2)23-19(17)16-20(26(37)30-23)24(25-31-32-33-36(25)28(3,4)5)34-12-14-35(15-13-34)27-29-21-8-6-7-9-22(21)38-27/h6-11,16,24H,12-15H2,1-5H3,(H,30,37)/t24-/m1/s1. The molecule has 1 fully saturated rings.